The molecule has 1 saturated carbocycles. The highest BCUT2D eigenvalue weighted by molar-refractivity contribution is 7.89. The molecule has 0 unspecified atom stereocenters. The fourth-order valence-electron chi connectivity index (χ4n) is 2.56. The molecular formula is C14H21FN2O2S. The van der Waals surface area contributed by atoms with Gasteiger partial charge in [0.1, 0.15) is 10.7 Å². The lowest BCUT2D eigenvalue weighted by Gasteiger charge is -2.34. The van der Waals surface area contributed by atoms with Crippen LogP contribution in [0.4, 0.5) is 10.1 Å². The van der Waals surface area contributed by atoms with Gasteiger partial charge in [-0.15, -0.1) is 0 Å². The van der Waals surface area contributed by atoms with E-state index in [1.807, 2.05) is 0 Å². The summed E-state index contributed by atoms with van der Waals surface area (Å²) >= 11 is 0. The van der Waals surface area contributed by atoms with E-state index in [9.17, 15) is 12.8 Å². The summed E-state index contributed by atoms with van der Waals surface area (Å²) in [5.74, 6) is -0.541. The van der Waals surface area contributed by atoms with E-state index in [0.717, 1.165) is 37.8 Å². The van der Waals surface area contributed by atoms with Gasteiger partial charge < -0.3 is 5.73 Å². The van der Waals surface area contributed by atoms with Gasteiger partial charge in [-0.25, -0.2) is 17.5 Å². The van der Waals surface area contributed by atoms with Gasteiger partial charge >= 0.3 is 0 Å². The van der Waals surface area contributed by atoms with Crippen LogP contribution in [0.5, 0.6) is 0 Å². The van der Waals surface area contributed by atoms with Crippen molar-refractivity contribution in [3.8, 4) is 0 Å². The highest BCUT2D eigenvalue weighted by Gasteiger charge is 2.30. The summed E-state index contributed by atoms with van der Waals surface area (Å²) in [5, 5.41) is 0. The number of anilines is 1. The van der Waals surface area contributed by atoms with Crippen LogP contribution < -0.4 is 10.5 Å². The summed E-state index contributed by atoms with van der Waals surface area (Å²) in [6.07, 6.45) is 3.60. The predicted molar refractivity (Wildman–Crippen MR) is 77.2 cm³/mol. The molecule has 0 aromatic heterocycles. The Bertz CT molecular complexity index is 589. The summed E-state index contributed by atoms with van der Waals surface area (Å²) in [4.78, 5) is -0.0521. The van der Waals surface area contributed by atoms with Gasteiger partial charge in [0, 0.05) is 6.04 Å². The van der Waals surface area contributed by atoms with Gasteiger partial charge in [-0.2, -0.15) is 0 Å². The fourth-order valence-corrected chi connectivity index (χ4v) is 3.98. The Balaban J connectivity index is 2.12. The normalized spacial score (nSPS) is 19.9. The van der Waals surface area contributed by atoms with Crippen LogP contribution >= 0.6 is 0 Å². The lowest BCUT2D eigenvalue weighted by Crippen LogP contribution is -2.39. The van der Waals surface area contributed by atoms with E-state index in [1.54, 1.807) is 0 Å². The van der Waals surface area contributed by atoms with Crippen LogP contribution in [-0.4, -0.2) is 14.5 Å². The summed E-state index contributed by atoms with van der Waals surface area (Å²) in [7, 11) is -3.69. The molecule has 20 heavy (non-hydrogen) atoms. The average molecular weight is 300 g/mol. The molecule has 1 fully saturated rings. The SMILES string of the molecule is CC1(C)CCC(NS(=O)(=O)c2ccc(F)cc2N)CC1. The number of hydrogen-bond donors (Lipinski definition) is 2. The van der Waals surface area contributed by atoms with Gasteiger partial charge in [-0.05, 0) is 49.3 Å². The summed E-state index contributed by atoms with van der Waals surface area (Å²) < 4.78 is 40.2. The van der Waals surface area contributed by atoms with E-state index in [4.69, 9.17) is 5.73 Å². The minimum atomic E-state index is -3.69. The fraction of sp³-hybridized carbons (Fsp3) is 0.571. The average Bonchev–Trinajstić information content (AvgIpc) is 2.31. The number of sulfonamides is 1. The first-order chi connectivity index (χ1) is 9.20. The lowest BCUT2D eigenvalue weighted by molar-refractivity contribution is 0.218. The van der Waals surface area contributed by atoms with Crippen LogP contribution in [0.25, 0.3) is 0 Å². The predicted octanol–water partition coefficient (Wildman–Crippen LogP) is 2.66. The molecule has 112 valence electrons. The Morgan fingerprint density at radius 1 is 1.30 bits per heavy atom. The number of nitrogens with one attached hydrogen (secondary N) is 1. The van der Waals surface area contributed by atoms with Crippen molar-refractivity contribution in [2.75, 3.05) is 5.73 Å². The Kier molecular flexibility index (Phi) is 4.07. The smallest absolute Gasteiger partial charge is 0.242 e. The highest BCUT2D eigenvalue weighted by atomic mass is 32.2. The molecule has 0 saturated heterocycles. The van der Waals surface area contributed by atoms with Gasteiger partial charge in [-0.1, -0.05) is 13.8 Å². The third-order valence-electron chi connectivity index (χ3n) is 3.92. The van der Waals surface area contributed by atoms with Gasteiger partial charge in [0.25, 0.3) is 0 Å². The van der Waals surface area contributed by atoms with Crippen LogP contribution in [0.15, 0.2) is 23.1 Å². The van der Waals surface area contributed by atoms with Crippen LogP contribution in [0.2, 0.25) is 0 Å². The van der Waals surface area contributed by atoms with Gasteiger partial charge in [0.15, 0.2) is 0 Å². The Labute approximate surface area is 119 Å². The largest absolute Gasteiger partial charge is 0.398 e. The second-order valence-electron chi connectivity index (χ2n) is 6.24. The number of benzene rings is 1. The van der Waals surface area contributed by atoms with Gasteiger partial charge in [-0.3, -0.25) is 0 Å². The highest BCUT2D eigenvalue weighted by Crippen LogP contribution is 2.35. The number of nitrogen functional groups attached to an aromatic ring is 1. The van der Waals surface area contributed by atoms with Crippen LogP contribution in [0.3, 0.4) is 0 Å². The maximum absolute atomic E-state index is 13.0. The topological polar surface area (TPSA) is 72.2 Å². The zero-order valence-electron chi connectivity index (χ0n) is 11.8. The van der Waals surface area contributed by atoms with Crippen LogP contribution in [-0.2, 0) is 10.0 Å². The maximum Gasteiger partial charge on any atom is 0.242 e. The molecule has 1 aromatic rings. The first kappa shape index (κ1) is 15.3. The molecule has 0 aliphatic heterocycles. The molecule has 0 atom stereocenters. The molecule has 3 N–H and O–H groups in total. The summed E-state index contributed by atoms with van der Waals surface area (Å²) in [6, 6.07) is 3.27. The van der Waals surface area contributed by atoms with E-state index in [0.29, 0.717) is 0 Å². The van der Waals surface area contributed by atoms with Gasteiger partial charge in [0.05, 0.1) is 5.69 Å². The molecule has 0 heterocycles. The van der Waals surface area contributed by atoms with Crippen molar-refractivity contribution >= 4 is 15.7 Å². The molecule has 1 aromatic carbocycles. The minimum absolute atomic E-state index is 0.0521. The molecule has 0 spiro atoms. The zero-order chi connectivity index (χ0) is 15.0. The molecule has 1 aliphatic carbocycles. The Hall–Kier alpha value is -1.14. The van der Waals surface area contributed by atoms with Crippen molar-refractivity contribution in [1.82, 2.24) is 4.72 Å². The standard InChI is InChI=1S/C14H21FN2O2S/c1-14(2)7-5-11(6-8-14)17-20(18,19)13-4-3-10(15)9-12(13)16/h3-4,9,11,17H,5-8,16H2,1-2H3. The Morgan fingerprint density at radius 3 is 2.45 bits per heavy atom. The third-order valence-corrected chi connectivity index (χ3v) is 5.52. The summed E-state index contributed by atoms with van der Waals surface area (Å²) in [5.41, 5.74) is 5.81. The number of rotatable bonds is 3. The van der Waals surface area contributed by atoms with Crippen molar-refractivity contribution in [2.45, 2.75) is 50.5 Å². The first-order valence-electron chi connectivity index (χ1n) is 6.77. The molecule has 1 aliphatic rings. The molecule has 4 nitrogen and oxygen atoms in total. The minimum Gasteiger partial charge on any atom is -0.398 e. The molecule has 6 heteroatoms. The van der Waals surface area contributed by atoms with Crippen molar-refractivity contribution in [2.24, 2.45) is 5.41 Å². The van der Waals surface area contributed by atoms with Crippen molar-refractivity contribution < 1.29 is 12.8 Å². The van der Waals surface area contributed by atoms with Crippen molar-refractivity contribution in [3.63, 3.8) is 0 Å². The third kappa shape index (κ3) is 3.49. The molecular weight excluding hydrogens is 279 g/mol. The maximum atomic E-state index is 13.0. The number of halogens is 1. The quantitative estimate of drug-likeness (QED) is 0.843. The van der Waals surface area contributed by atoms with E-state index < -0.39 is 15.8 Å². The van der Waals surface area contributed by atoms with E-state index in [2.05, 4.69) is 18.6 Å². The van der Waals surface area contributed by atoms with Crippen molar-refractivity contribution in [1.29, 1.82) is 0 Å². The molecule has 2 rings (SSSR count). The Morgan fingerprint density at radius 2 is 1.90 bits per heavy atom. The van der Waals surface area contributed by atoms with Crippen LogP contribution in [0, 0.1) is 11.2 Å². The van der Waals surface area contributed by atoms with E-state index >= 15 is 0 Å². The molecule has 0 amide bonds. The van der Waals surface area contributed by atoms with Crippen LogP contribution in [0.1, 0.15) is 39.5 Å². The van der Waals surface area contributed by atoms with E-state index in [1.165, 1.54) is 6.07 Å². The zero-order valence-corrected chi connectivity index (χ0v) is 12.6. The summed E-state index contributed by atoms with van der Waals surface area (Å²) in [6.45, 7) is 4.38. The molecule has 0 radical (unpaired) electrons. The number of hydrogen-bond acceptors (Lipinski definition) is 3. The van der Waals surface area contributed by atoms with Crippen molar-refractivity contribution in [3.05, 3.63) is 24.0 Å². The monoisotopic (exact) mass is 300 g/mol. The number of nitrogens with two attached hydrogens (primary N) is 1. The van der Waals surface area contributed by atoms with E-state index in [-0.39, 0.29) is 22.0 Å². The second-order valence-corrected chi connectivity index (χ2v) is 7.92. The molecule has 0 bridgehead atoms. The second kappa shape index (κ2) is 5.33. The first-order valence-corrected chi connectivity index (χ1v) is 8.25. The lowest BCUT2D eigenvalue weighted by atomic mass is 9.76. The van der Waals surface area contributed by atoms with Gasteiger partial charge in [0.2, 0.25) is 10.0 Å².